The Morgan fingerprint density at radius 2 is 1.67 bits per heavy atom. The van der Waals surface area contributed by atoms with Gasteiger partial charge in [-0.2, -0.15) is 5.10 Å². The van der Waals surface area contributed by atoms with E-state index in [1.165, 1.54) is 32.1 Å². The van der Waals surface area contributed by atoms with Crippen LogP contribution in [0.2, 0.25) is 0 Å². The molecule has 5 rings (SSSR count). The molecule has 1 aliphatic carbocycles. The van der Waals surface area contributed by atoms with E-state index in [9.17, 15) is 4.79 Å². The number of nitrogens with zero attached hydrogens (tertiary/aromatic N) is 6. The molecule has 36 heavy (non-hydrogen) atoms. The number of amides is 1. The first kappa shape index (κ1) is 24.3. The molecule has 9 heteroatoms. The van der Waals surface area contributed by atoms with Crippen molar-refractivity contribution in [2.75, 3.05) is 46.3 Å². The number of carbonyl (C=O) groups is 1. The normalized spacial score (nSPS) is 17.4. The van der Waals surface area contributed by atoms with Gasteiger partial charge in [-0.3, -0.25) is 9.48 Å². The maximum atomic E-state index is 12.5. The van der Waals surface area contributed by atoms with Crippen LogP contribution >= 0.6 is 0 Å². The van der Waals surface area contributed by atoms with E-state index in [2.05, 4.69) is 15.8 Å². The topological polar surface area (TPSA) is 85.6 Å². The van der Waals surface area contributed by atoms with Gasteiger partial charge >= 0.3 is 0 Å². The van der Waals surface area contributed by atoms with Crippen LogP contribution in [0.3, 0.4) is 0 Å². The average molecular weight is 493 g/mol. The van der Waals surface area contributed by atoms with Gasteiger partial charge in [0.25, 0.3) is 0 Å². The van der Waals surface area contributed by atoms with E-state index >= 15 is 0 Å². The number of anilines is 1. The van der Waals surface area contributed by atoms with E-state index in [0.29, 0.717) is 23.5 Å². The third-order valence-corrected chi connectivity index (χ3v) is 7.58. The summed E-state index contributed by atoms with van der Waals surface area (Å²) >= 11 is 0. The van der Waals surface area contributed by atoms with E-state index in [-0.39, 0.29) is 11.8 Å². The largest absolute Gasteiger partial charge is 0.493 e. The summed E-state index contributed by atoms with van der Waals surface area (Å²) in [4.78, 5) is 26.3. The molecule has 2 aliphatic rings. The van der Waals surface area contributed by atoms with Gasteiger partial charge in [0.05, 0.1) is 37.7 Å². The van der Waals surface area contributed by atoms with Crippen LogP contribution in [0.25, 0.3) is 22.2 Å². The Labute approximate surface area is 212 Å². The fourth-order valence-corrected chi connectivity index (χ4v) is 5.50. The van der Waals surface area contributed by atoms with Crippen LogP contribution < -0.4 is 14.4 Å². The van der Waals surface area contributed by atoms with Gasteiger partial charge in [-0.25, -0.2) is 9.97 Å². The Balaban J connectivity index is 1.53. The van der Waals surface area contributed by atoms with Gasteiger partial charge in [0, 0.05) is 56.3 Å². The van der Waals surface area contributed by atoms with E-state index in [1.807, 2.05) is 32.4 Å². The van der Waals surface area contributed by atoms with Crippen LogP contribution in [-0.2, 0) is 4.79 Å². The van der Waals surface area contributed by atoms with Gasteiger partial charge in [0.2, 0.25) is 11.9 Å². The van der Waals surface area contributed by atoms with Crippen molar-refractivity contribution in [2.24, 2.45) is 5.92 Å². The molecule has 1 saturated heterocycles. The molecule has 0 N–H and O–H groups in total. The SMILES string of the molecule is COc1cc2nc(N3CCC(C(=O)N(C)C)CC3)nc(-c3cnn(C4CCCCC4)c3)c2cc1OC. The lowest BCUT2D eigenvalue weighted by Gasteiger charge is -2.32. The van der Waals surface area contributed by atoms with Crippen molar-refractivity contribution in [3.63, 3.8) is 0 Å². The number of carbonyl (C=O) groups excluding carboxylic acids is 1. The minimum absolute atomic E-state index is 0.0502. The molecule has 0 spiro atoms. The summed E-state index contributed by atoms with van der Waals surface area (Å²) in [5, 5.41) is 5.63. The number of ether oxygens (including phenoxy) is 2. The third-order valence-electron chi connectivity index (χ3n) is 7.58. The fraction of sp³-hybridized carbons (Fsp3) is 0.556. The Bertz CT molecular complexity index is 1230. The smallest absolute Gasteiger partial charge is 0.226 e. The van der Waals surface area contributed by atoms with E-state index in [1.54, 1.807) is 19.1 Å². The van der Waals surface area contributed by atoms with Crippen molar-refractivity contribution in [3.05, 3.63) is 24.5 Å². The summed E-state index contributed by atoms with van der Waals surface area (Å²) in [7, 11) is 6.91. The summed E-state index contributed by atoms with van der Waals surface area (Å²) in [6, 6.07) is 4.31. The van der Waals surface area contributed by atoms with Crippen LogP contribution in [0.15, 0.2) is 24.5 Å². The lowest BCUT2D eigenvalue weighted by Crippen LogP contribution is -2.40. The third kappa shape index (κ3) is 4.70. The highest BCUT2D eigenvalue weighted by atomic mass is 16.5. The van der Waals surface area contributed by atoms with E-state index < -0.39 is 0 Å². The van der Waals surface area contributed by atoms with Crippen molar-refractivity contribution in [1.29, 1.82) is 0 Å². The maximum Gasteiger partial charge on any atom is 0.226 e. The van der Waals surface area contributed by atoms with Gasteiger partial charge in [0.15, 0.2) is 11.5 Å². The highest BCUT2D eigenvalue weighted by Gasteiger charge is 2.28. The van der Waals surface area contributed by atoms with Crippen molar-refractivity contribution < 1.29 is 14.3 Å². The molecule has 3 aromatic rings. The van der Waals surface area contributed by atoms with E-state index in [4.69, 9.17) is 24.5 Å². The first-order valence-corrected chi connectivity index (χ1v) is 12.9. The lowest BCUT2D eigenvalue weighted by molar-refractivity contribution is -0.133. The molecular weight excluding hydrogens is 456 g/mol. The number of benzene rings is 1. The summed E-state index contributed by atoms with van der Waals surface area (Å²) in [6.07, 6.45) is 11.8. The molecule has 3 heterocycles. The number of piperidine rings is 1. The zero-order valence-electron chi connectivity index (χ0n) is 21.7. The number of hydrogen-bond acceptors (Lipinski definition) is 7. The van der Waals surface area contributed by atoms with Crippen molar-refractivity contribution in [1.82, 2.24) is 24.6 Å². The number of fused-ring (bicyclic) bond motifs is 1. The Morgan fingerprint density at radius 1 is 0.972 bits per heavy atom. The van der Waals surface area contributed by atoms with Crippen molar-refractivity contribution >= 4 is 22.8 Å². The first-order chi connectivity index (χ1) is 17.5. The van der Waals surface area contributed by atoms with Crippen LogP contribution in [-0.4, -0.2) is 72.0 Å². The molecule has 1 saturated carbocycles. The van der Waals surface area contributed by atoms with Gasteiger partial charge in [-0.1, -0.05) is 19.3 Å². The number of hydrogen-bond donors (Lipinski definition) is 0. The van der Waals surface area contributed by atoms with Gasteiger partial charge < -0.3 is 19.3 Å². The Morgan fingerprint density at radius 3 is 2.33 bits per heavy atom. The molecule has 1 amide bonds. The van der Waals surface area contributed by atoms with Crippen molar-refractivity contribution in [3.8, 4) is 22.8 Å². The Hall–Kier alpha value is -3.36. The van der Waals surface area contributed by atoms with Gasteiger partial charge in [-0.15, -0.1) is 0 Å². The standard InChI is InChI=1S/C27H36N6O3/c1-31(2)26(34)18-10-12-32(13-11-18)27-29-22-15-24(36-4)23(35-3)14-21(22)25(30-27)19-16-28-33(17-19)20-8-6-5-7-9-20/h14-18,20H,5-13H2,1-4H3. The lowest BCUT2D eigenvalue weighted by atomic mass is 9.95. The zero-order chi connectivity index (χ0) is 25.2. The molecular formula is C27H36N6O3. The average Bonchev–Trinajstić information content (AvgIpc) is 3.42. The maximum absolute atomic E-state index is 12.5. The quantitative estimate of drug-likeness (QED) is 0.507. The van der Waals surface area contributed by atoms with Crippen LogP contribution in [0.4, 0.5) is 5.95 Å². The first-order valence-electron chi connectivity index (χ1n) is 12.9. The second-order valence-electron chi connectivity index (χ2n) is 10.1. The minimum Gasteiger partial charge on any atom is -0.493 e. The summed E-state index contributed by atoms with van der Waals surface area (Å²) in [6.45, 7) is 1.48. The Kier molecular flexibility index (Phi) is 6.98. The summed E-state index contributed by atoms with van der Waals surface area (Å²) < 4.78 is 13.3. The molecule has 0 unspecified atom stereocenters. The zero-order valence-corrected chi connectivity index (χ0v) is 21.7. The minimum atomic E-state index is 0.0502. The predicted octanol–water partition coefficient (Wildman–Crippen LogP) is 4.32. The molecule has 2 fully saturated rings. The van der Waals surface area contributed by atoms with Crippen LogP contribution in [0.5, 0.6) is 11.5 Å². The second kappa shape index (κ2) is 10.3. The molecule has 0 atom stereocenters. The highest BCUT2D eigenvalue weighted by molar-refractivity contribution is 5.95. The van der Waals surface area contributed by atoms with Crippen LogP contribution in [0.1, 0.15) is 51.0 Å². The van der Waals surface area contributed by atoms with E-state index in [0.717, 1.165) is 48.1 Å². The molecule has 2 aromatic heterocycles. The molecule has 1 aromatic carbocycles. The monoisotopic (exact) mass is 492 g/mol. The van der Waals surface area contributed by atoms with Crippen molar-refractivity contribution in [2.45, 2.75) is 51.0 Å². The summed E-state index contributed by atoms with van der Waals surface area (Å²) in [5.74, 6) is 2.20. The molecule has 1 aliphatic heterocycles. The molecule has 0 radical (unpaired) electrons. The fourth-order valence-electron chi connectivity index (χ4n) is 5.50. The number of aromatic nitrogens is 4. The number of rotatable bonds is 6. The second-order valence-corrected chi connectivity index (χ2v) is 10.1. The van der Waals surface area contributed by atoms with Crippen LogP contribution in [0, 0.1) is 5.92 Å². The molecule has 0 bridgehead atoms. The predicted molar refractivity (Wildman–Crippen MR) is 140 cm³/mol. The van der Waals surface area contributed by atoms with Gasteiger partial charge in [-0.05, 0) is 31.7 Å². The summed E-state index contributed by atoms with van der Waals surface area (Å²) in [5.41, 5.74) is 2.60. The number of methoxy groups -OCH3 is 2. The molecule has 192 valence electrons. The molecule has 9 nitrogen and oxygen atoms in total. The highest BCUT2D eigenvalue weighted by Crippen LogP contribution is 2.38. The van der Waals surface area contributed by atoms with Gasteiger partial charge in [0.1, 0.15) is 0 Å².